The van der Waals surface area contributed by atoms with Gasteiger partial charge in [0.25, 0.3) is 0 Å². The molecule has 0 aromatic heterocycles. The van der Waals surface area contributed by atoms with Gasteiger partial charge in [0, 0.05) is 12.6 Å². The molecule has 3 nitrogen and oxygen atoms in total. The second-order valence-electron chi connectivity index (χ2n) is 6.57. The molecule has 2 heterocycles. The second-order valence-corrected chi connectivity index (χ2v) is 6.57. The van der Waals surface area contributed by atoms with E-state index >= 15 is 0 Å². The Balaban J connectivity index is 1.50. The number of nitrogens with zero attached hydrogens (tertiary/aromatic N) is 1. The van der Waals surface area contributed by atoms with Crippen LogP contribution >= 0.6 is 0 Å². The number of hydrogen-bond acceptors (Lipinski definition) is 3. The van der Waals surface area contributed by atoms with E-state index in [1.807, 2.05) is 0 Å². The van der Waals surface area contributed by atoms with Crippen molar-refractivity contribution in [3.05, 3.63) is 0 Å². The molecule has 1 aliphatic carbocycles. The molecule has 2 aliphatic heterocycles. The minimum Gasteiger partial charge on any atom is -0.375 e. The van der Waals surface area contributed by atoms with E-state index in [0.29, 0.717) is 5.60 Å². The van der Waals surface area contributed by atoms with E-state index in [9.17, 15) is 0 Å². The van der Waals surface area contributed by atoms with Crippen molar-refractivity contribution in [3.8, 4) is 0 Å². The van der Waals surface area contributed by atoms with Gasteiger partial charge in [0.2, 0.25) is 0 Å². The van der Waals surface area contributed by atoms with Gasteiger partial charge < -0.3 is 15.0 Å². The zero-order valence-corrected chi connectivity index (χ0v) is 11.8. The standard InChI is InChI=1S/C15H28N2O/c1-16-12-13-3-8-17(9-4-13)14-5-10-18-15(11-14)6-2-7-15/h13-14,16H,2-12H2,1H3. The molecule has 2 saturated heterocycles. The zero-order chi connectivity index (χ0) is 12.4. The van der Waals surface area contributed by atoms with Crippen LogP contribution in [0.2, 0.25) is 0 Å². The summed E-state index contributed by atoms with van der Waals surface area (Å²) in [6.45, 7) is 4.83. The van der Waals surface area contributed by atoms with Crippen molar-refractivity contribution in [2.45, 2.75) is 56.6 Å². The molecule has 0 amide bonds. The quantitative estimate of drug-likeness (QED) is 0.831. The molecule has 1 atom stereocenters. The molecule has 1 spiro atoms. The number of rotatable bonds is 3. The molecule has 18 heavy (non-hydrogen) atoms. The molecule has 0 aromatic carbocycles. The van der Waals surface area contributed by atoms with Gasteiger partial charge in [0.05, 0.1) is 5.60 Å². The number of piperidine rings is 1. The van der Waals surface area contributed by atoms with Crippen LogP contribution in [0, 0.1) is 5.92 Å². The Kier molecular flexibility index (Phi) is 3.92. The Morgan fingerprint density at radius 2 is 2.00 bits per heavy atom. The van der Waals surface area contributed by atoms with Crippen LogP contribution in [0.5, 0.6) is 0 Å². The normalized spacial score (nSPS) is 33.5. The van der Waals surface area contributed by atoms with Crippen molar-refractivity contribution in [2.24, 2.45) is 5.92 Å². The van der Waals surface area contributed by atoms with Gasteiger partial charge in [-0.05, 0) is 77.5 Å². The van der Waals surface area contributed by atoms with Crippen molar-refractivity contribution >= 4 is 0 Å². The number of nitrogens with one attached hydrogen (secondary N) is 1. The first-order chi connectivity index (χ1) is 8.81. The molecular weight excluding hydrogens is 224 g/mol. The summed E-state index contributed by atoms with van der Waals surface area (Å²) in [5, 5.41) is 3.32. The first kappa shape index (κ1) is 12.9. The van der Waals surface area contributed by atoms with Crippen LogP contribution in [0.1, 0.15) is 44.9 Å². The zero-order valence-electron chi connectivity index (χ0n) is 11.8. The van der Waals surface area contributed by atoms with Gasteiger partial charge in [0.15, 0.2) is 0 Å². The third-order valence-corrected chi connectivity index (χ3v) is 5.39. The van der Waals surface area contributed by atoms with E-state index in [-0.39, 0.29) is 0 Å². The van der Waals surface area contributed by atoms with Gasteiger partial charge in [-0.1, -0.05) is 0 Å². The number of hydrogen-bond donors (Lipinski definition) is 1. The highest BCUT2D eigenvalue weighted by atomic mass is 16.5. The largest absolute Gasteiger partial charge is 0.375 e. The molecule has 0 aromatic rings. The summed E-state index contributed by atoms with van der Waals surface area (Å²) in [6.07, 6.45) is 9.36. The smallest absolute Gasteiger partial charge is 0.0697 e. The third kappa shape index (κ3) is 2.59. The molecule has 104 valence electrons. The van der Waals surface area contributed by atoms with E-state index in [1.54, 1.807) is 0 Å². The first-order valence-electron chi connectivity index (χ1n) is 7.84. The summed E-state index contributed by atoms with van der Waals surface area (Å²) in [6, 6.07) is 0.814. The molecule has 0 radical (unpaired) electrons. The van der Waals surface area contributed by atoms with Gasteiger partial charge in [0.1, 0.15) is 0 Å². The number of ether oxygens (including phenoxy) is 1. The predicted octanol–water partition coefficient (Wildman–Crippen LogP) is 2.02. The fourth-order valence-electron chi connectivity index (χ4n) is 4.04. The summed E-state index contributed by atoms with van der Waals surface area (Å²) < 4.78 is 6.05. The first-order valence-corrected chi connectivity index (χ1v) is 7.84. The lowest BCUT2D eigenvalue weighted by atomic mass is 9.73. The SMILES string of the molecule is CNCC1CCN(C2CCOC3(CCC3)C2)CC1. The van der Waals surface area contributed by atoms with Gasteiger partial charge in [-0.15, -0.1) is 0 Å². The molecule has 3 heteroatoms. The maximum absolute atomic E-state index is 6.05. The second kappa shape index (κ2) is 5.48. The minimum absolute atomic E-state index is 0.310. The summed E-state index contributed by atoms with van der Waals surface area (Å²) in [5.74, 6) is 0.906. The molecule has 1 N–H and O–H groups in total. The van der Waals surface area contributed by atoms with Crippen molar-refractivity contribution in [3.63, 3.8) is 0 Å². The van der Waals surface area contributed by atoms with Gasteiger partial charge >= 0.3 is 0 Å². The molecule has 0 bridgehead atoms. The Labute approximate surface area is 111 Å². The molecular formula is C15H28N2O. The monoisotopic (exact) mass is 252 g/mol. The Hall–Kier alpha value is -0.120. The van der Waals surface area contributed by atoms with Gasteiger partial charge in [-0.2, -0.15) is 0 Å². The van der Waals surface area contributed by atoms with E-state index in [4.69, 9.17) is 4.74 Å². The predicted molar refractivity (Wildman–Crippen MR) is 73.8 cm³/mol. The van der Waals surface area contributed by atoms with Crippen LogP contribution in [-0.2, 0) is 4.74 Å². The third-order valence-electron chi connectivity index (χ3n) is 5.39. The van der Waals surface area contributed by atoms with Gasteiger partial charge in [-0.25, -0.2) is 0 Å². The topological polar surface area (TPSA) is 24.5 Å². The van der Waals surface area contributed by atoms with E-state index in [2.05, 4.69) is 17.3 Å². The maximum Gasteiger partial charge on any atom is 0.0697 e. The summed E-state index contributed by atoms with van der Waals surface area (Å²) in [5.41, 5.74) is 0.310. The molecule has 1 saturated carbocycles. The van der Waals surface area contributed by atoms with E-state index in [1.165, 1.54) is 64.6 Å². The van der Waals surface area contributed by atoms with Crippen LogP contribution in [0.15, 0.2) is 0 Å². The fourth-order valence-corrected chi connectivity index (χ4v) is 4.04. The Morgan fingerprint density at radius 3 is 2.61 bits per heavy atom. The summed E-state index contributed by atoms with van der Waals surface area (Å²) >= 11 is 0. The van der Waals surface area contributed by atoms with Crippen LogP contribution in [0.25, 0.3) is 0 Å². The van der Waals surface area contributed by atoms with Crippen LogP contribution in [0.4, 0.5) is 0 Å². The molecule has 3 aliphatic rings. The summed E-state index contributed by atoms with van der Waals surface area (Å²) in [4.78, 5) is 2.76. The molecule has 3 fully saturated rings. The minimum atomic E-state index is 0.310. The van der Waals surface area contributed by atoms with Crippen molar-refractivity contribution in [2.75, 3.05) is 33.3 Å². The van der Waals surface area contributed by atoms with Crippen molar-refractivity contribution in [1.29, 1.82) is 0 Å². The highest BCUT2D eigenvalue weighted by Gasteiger charge is 2.44. The lowest BCUT2D eigenvalue weighted by Gasteiger charge is -2.50. The van der Waals surface area contributed by atoms with Crippen LogP contribution < -0.4 is 5.32 Å². The Bertz CT molecular complexity index is 270. The molecule has 3 rings (SSSR count). The van der Waals surface area contributed by atoms with Crippen molar-refractivity contribution in [1.82, 2.24) is 10.2 Å². The van der Waals surface area contributed by atoms with Gasteiger partial charge in [-0.3, -0.25) is 0 Å². The lowest BCUT2D eigenvalue weighted by molar-refractivity contribution is -0.150. The summed E-state index contributed by atoms with van der Waals surface area (Å²) in [7, 11) is 2.07. The van der Waals surface area contributed by atoms with Crippen molar-refractivity contribution < 1.29 is 4.74 Å². The van der Waals surface area contributed by atoms with E-state index < -0.39 is 0 Å². The fraction of sp³-hybridized carbons (Fsp3) is 1.00. The van der Waals surface area contributed by atoms with E-state index in [0.717, 1.165) is 18.6 Å². The average Bonchev–Trinajstić information content (AvgIpc) is 2.38. The number of likely N-dealkylation sites (tertiary alicyclic amines) is 1. The van der Waals surface area contributed by atoms with Crippen LogP contribution in [0.3, 0.4) is 0 Å². The maximum atomic E-state index is 6.05. The highest BCUT2D eigenvalue weighted by Crippen LogP contribution is 2.43. The highest BCUT2D eigenvalue weighted by molar-refractivity contribution is 4.97. The van der Waals surface area contributed by atoms with Crippen LogP contribution in [-0.4, -0.2) is 49.8 Å². The average molecular weight is 252 g/mol. The lowest BCUT2D eigenvalue weighted by Crippen LogP contribution is -2.53. The Morgan fingerprint density at radius 1 is 1.22 bits per heavy atom. The molecule has 1 unspecified atom stereocenters.